The molecular formula is C19H18BrNO3. The van der Waals surface area contributed by atoms with E-state index in [9.17, 15) is 9.90 Å². The Bertz CT molecular complexity index is 900. The summed E-state index contributed by atoms with van der Waals surface area (Å²) in [6.07, 6.45) is 0. The van der Waals surface area contributed by atoms with Crippen molar-refractivity contribution >= 4 is 32.8 Å². The number of benzene rings is 2. The third-order valence-electron chi connectivity index (χ3n) is 4.06. The van der Waals surface area contributed by atoms with Gasteiger partial charge in [0.1, 0.15) is 5.75 Å². The highest BCUT2D eigenvalue weighted by molar-refractivity contribution is 9.10. The van der Waals surface area contributed by atoms with E-state index in [1.807, 2.05) is 43.3 Å². The maximum absolute atomic E-state index is 12.4. The van der Waals surface area contributed by atoms with E-state index in [0.29, 0.717) is 28.6 Å². The molecule has 0 fully saturated rings. The molecule has 2 aromatic carbocycles. The van der Waals surface area contributed by atoms with E-state index in [4.69, 9.17) is 4.74 Å². The number of hydrogen-bond donors (Lipinski definition) is 1. The number of aromatic hydroxyl groups is 1. The highest BCUT2D eigenvalue weighted by Crippen LogP contribution is 2.35. The molecule has 3 aromatic rings. The van der Waals surface area contributed by atoms with Gasteiger partial charge in [-0.2, -0.15) is 0 Å². The first-order valence-electron chi connectivity index (χ1n) is 7.75. The molecule has 0 amide bonds. The molecule has 0 aliphatic rings. The largest absolute Gasteiger partial charge is 0.507 e. The van der Waals surface area contributed by atoms with Crippen LogP contribution in [-0.4, -0.2) is 22.2 Å². The first-order chi connectivity index (χ1) is 11.5. The summed E-state index contributed by atoms with van der Waals surface area (Å²) in [5, 5.41) is 10.7. The molecule has 4 nitrogen and oxygen atoms in total. The van der Waals surface area contributed by atoms with E-state index in [2.05, 4.69) is 20.5 Å². The van der Waals surface area contributed by atoms with Crippen molar-refractivity contribution in [3.8, 4) is 5.75 Å². The van der Waals surface area contributed by atoms with Crippen molar-refractivity contribution in [2.24, 2.45) is 0 Å². The van der Waals surface area contributed by atoms with Crippen molar-refractivity contribution in [3.05, 3.63) is 63.8 Å². The average Bonchev–Trinajstić information content (AvgIpc) is 2.81. The van der Waals surface area contributed by atoms with Crippen molar-refractivity contribution in [1.82, 2.24) is 4.57 Å². The van der Waals surface area contributed by atoms with Crippen LogP contribution >= 0.6 is 15.9 Å². The smallest absolute Gasteiger partial charge is 0.340 e. The minimum Gasteiger partial charge on any atom is -0.507 e. The van der Waals surface area contributed by atoms with Gasteiger partial charge >= 0.3 is 5.97 Å². The second kappa shape index (κ2) is 6.69. The van der Waals surface area contributed by atoms with Crippen LogP contribution in [0.1, 0.15) is 28.5 Å². The number of nitrogens with zero attached hydrogens (tertiary/aromatic N) is 1. The lowest BCUT2D eigenvalue weighted by molar-refractivity contribution is 0.0527. The van der Waals surface area contributed by atoms with E-state index >= 15 is 0 Å². The standard InChI is InChI=1S/C19H18BrNO3/c1-3-24-19(23)18-12(2)21(11-13-7-5-4-6-8-13)16-10-15(20)17(22)9-14(16)18/h4-10,22H,3,11H2,1-2H3. The fourth-order valence-corrected chi connectivity index (χ4v) is 3.25. The molecule has 0 spiro atoms. The van der Waals surface area contributed by atoms with Crippen molar-refractivity contribution in [3.63, 3.8) is 0 Å². The van der Waals surface area contributed by atoms with Crippen LogP contribution in [0.15, 0.2) is 46.9 Å². The van der Waals surface area contributed by atoms with Crippen molar-refractivity contribution in [1.29, 1.82) is 0 Å². The van der Waals surface area contributed by atoms with Gasteiger partial charge in [-0.05, 0) is 47.5 Å². The number of rotatable bonds is 4. The maximum atomic E-state index is 12.4. The lowest BCUT2D eigenvalue weighted by Crippen LogP contribution is -2.08. The highest BCUT2D eigenvalue weighted by atomic mass is 79.9. The fourth-order valence-electron chi connectivity index (χ4n) is 2.92. The van der Waals surface area contributed by atoms with Gasteiger partial charge in [0.15, 0.2) is 0 Å². The summed E-state index contributed by atoms with van der Waals surface area (Å²) >= 11 is 3.36. The maximum Gasteiger partial charge on any atom is 0.340 e. The molecule has 1 aromatic heterocycles. The van der Waals surface area contributed by atoms with E-state index in [0.717, 1.165) is 16.8 Å². The number of hydrogen-bond acceptors (Lipinski definition) is 3. The Morgan fingerprint density at radius 3 is 2.62 bits per heavy atom. The van der Waals surface area contributed by atoms with Crippen LogP contribution in [0.5, 0.6) is 5.75 Å². The molecule has 1 N–H and O–H groups in total. The van der Waals surface area contributed by atoms with Gasteiger partial charge in [-0.15, -0.1) is 0 Å². The van der Waals surface area contributed by atoms with Crippen LogP contribution in [0.4, 0.5) is 0 Å². The fraction of sp³-hybridized carbons (Fsp3) is 0.211. The van der Waals surface area contributed by atoms with Crippen LogP contribution in [0.25, 0.3) is 10.9 Å². The first-order valence-corrected chi connectivity index (χ1v) is 8.54. The predicted molar refractivity (Wildman–Crippen MR) is 97.5 cm³/mol. The molecule has 0 saturated carbocycles. The predicted octanol–water partition coefficient (Wildman–Crippen LogP) is 4.64. The number of carbonyl (C=O) groups is 1. The third kappa shape index (κ3) is 2.91. The number of phenols is 1. The first kappa shape index (κ1) is 16.6. The lowest BCUT2D eigenvalue weighted by atomic mass is 10.1. The topological polar surface area (TPSA) is 51.5 Å². The van der Waals surface area contributed by atoms with Crippen molar-refractivity contribution < 1.29 is 14.6 Å². The van der Waals surface area contributed by atoms with Crippen LogP contribution in [-0.2, 0) is 11.3 Å². The van der Waals surface area contributed by atoms with Gasteiger partial charge in [0, 0.05) is 17.6 Å². The Labute approximate surface area is 148 Å². The Balaban J connectivity index is 2.22. The molecule has 5 heteroatoms. The Hall–Kier alpha value is -2.27. The Morgan fingerprint density at radius 2 is 1.96 bits per heavy atom. The molecule has 0 saturated heterocycles. The molecule has 0 aliphatic carbocycles. The molecule has 0 unspecified atom stereocenters. The van der Waals surface area contributed by atoms with E-state index in [-0.39, 0.29) is 11.7 Å². The summed E-state index contributed by atoms with van der Waals surface area (Å²) in [6, 6.07) is 13.5. The SMILES string of the molecule is CCOC(=O)c1c(C)n(Cc2ccccc2)c2cc(Br)c(O)cc12. The van der Waals surface area contributed by atoms with Crippen LogP contribution in [0, 0.1) is 6.92 Å². The van der Waals surface area contributed by atoms with E-state index in [1.54, 1.807) is 13.0 Å². The van der Waals surface area contributed by atoms with Gasteiger partial charge in [0.25, 0.3) is 0 Å². The van der Waals surface area contributed by atoms with Crippen molar-refractivity contribution in [2.75, 3.05) is 6.61 Å². The number of ether oxygens (including phenoxy) is 1. The monoisotopic (exact) mass is 387 g/mol. The molecule has 0 atom stereocenters. The number of halogens is 1. The minimum absolute atomic E-state index is 0.102. The molecule has 0 bridgehead atoms. The molecule has 1 heterocycles. The van der Waals surface area contributed by atoms with Crippen LogP contribution < -0.4 is 0 Å². The summed E-state index contributed by atoms with van der Waals surface area (Å²) in [5.74, 6) is -0.265. The zero-order chi connectivity index (χ0) is 17.3. The van der Waals surface area contributed by atoms with E-state index < -0.39 is 0 Å². The van der Waals surface area contributed by atoms with Gasteiger partial charge in [0.2, 0.25) is 0 Å². The normalized spacial score (nSPS) is 11.0. The van der Waals surface area contributed by atoms with Gasteiger partial charge in [-0.3, -0.25) is 0 Å². The zero-order valence-electron chi connectivity index (χ0n) is 13.5. The second-order valence-electron chi connectivity index (χ2n) is 5.57. The summed E-state index contributed by atoms with van der Waals surface area (Å²) in [6.45, 7) is 4.64. The summed E-state index contributed by atoms with van der Waals surface area (Å²) in [7, 11) is 0. The quantitative estimate of drug-likeness (QED) is 0.663. The van der Waals surface area contributed by atoms with Crippen LogP contribution in [0.3, 0.4) is 0 Å². The summed E-state index contributed by atoms with van der Waals surface area (Å²) in [5.41, 5.74) is 3.34. The Kier molecular flexibility index (Phi) is 4.62. The zero-order valence-corrected chi connectivity index (χ0v) is 15.1. The number of fused-ring (bicyclic) bond motifs is 1. The lowest BCUT2D eigenvalue weighted by Gasteiger charge is -2.09. The summed E-state index contributed by atoms with van der Waals surface area (Å²) in [4.78, 5) is 12.4. The Morgan fingerprint density at radius 1 is 1.25 bits per heavy atom. The number of carbonyl (C=O) groups excluding carboxylic acids is 1. The molecule has 124 valence electrons. The second-order valence-corrected chi connectivity index (χ2v) is 6.43. The molecule has 24 heavy (non-hydrogen) atoms. The number of esters is 1. The molecule has 3 rings (SSSR count). The van der Waals surface area contributed by atoms with Gasteiger partial charge in [-0.25, -0.2) is 4.79 Å². The van der Waals surface area contributed by atoms with Gasteiger partial charge < -0.3 is 14.4 Å². The molecule has 0 aliphatic heterocycles. The minimum atomic E-state index is -0.367. The number of aromatic nitrogens is 1. The van der Waals surface area contributed by atoms with E-state index in [1.165, 1.54) is 0 Å². The van der Waals surface area contributed by atoms with Gasteiger partial charge in [0.05, 0.1) is 22.2 Å². The van der Waals surface area contributed by atoms with Crippen molar-refractivity contribution in [2.45, 2.75) is 20.4 Å². The third-order valence-corrected chi connectivity index (χ3v) is 4.69. The summed E-state index contributed by atoms with van der Waals surface area (Å²) < 4.78 is 7.87. The highest BCUT2D eigenvalue weighted by Gasteiger charge is 2.22. The van der Waals surface area contributed by atoms with Crippen LogP contribution in [0.2, 0.25) is 0 Å². The molecular weight excluding hydrogens is 370 g/mol. The average molecular weight is 388 g/mol. The van der Waals surface area contributed by atoms with Gasteiger partial charge in [-0.1, -0.05) is 30.3 Å². The molecule has 0 radical (unpaired) electrons. The number of phenolic OH excluding ortho intramolecular Hbond substituents is 1.